The molecule has 0 spiro atoms. The third kappa shape index (κ3) is 3.73. The molecule has 1 aliphatic heterocycles. The number of benzene rings is 1. The van der Waals surface area contributed by atoms with E-state index in [1.54, 1.807) is 18.4 Å². The number of hydrogen-bond acceptors (Lipinski definition) is 3. The van der Waals surface area contributed by atoms with Crippen molar-refractivity contribution in [2.24, 2.45) is 0 Å². The molecule has 4 heterocycles. The Labute approximate surface area is 192 Å². The molecule has 0 saturated carbocycles. The summed E-state index contributed by atoms with van der Waals surface area (Å²) in [4.78, 5) is 20.1. The van der Waals surface area contributed by atoms with E-state index in [4.69, 9.17) is 4.74 Å². The molecule has 1 aromatic carbocycles. The minimum absolute atomic E-state index is 0.162. The Morgan fingerprint density at radius 2 is 2.00 bits per heavy atom. The molecule has 166 valence electrons. The summed E-state index contributed by atoms with van der Waals surface area (Å²) in [6.07, 6.45) is 4.08. The molecule has 3 aromatic heterocycles. The third-order valence-electron chi connectivity index (χ3n) is 6.84. The van der Waals surface area contributed by atoms with Crippen molar-refractivity contribution in [2.45, 2.75) is 39.2 Å². The highest BCUT2D eigenvalue weighted by atomic mass is 32.1. The number of carbonyl (C=O) groups is 1. The summed E-state index contributed by atoms with van der Waals surface area (Å²) in [7, 11) is 1.70. The number of piperidine rings is 1. The molecule has 1 amide bonds. The van der Waals surface area contributed by atoms with Gasteiger partial charge in [-0.15, -0.1) is 11.3 Å². The first-order valence-corrected chi connectivity index (χ1v) is 12.1. The standard InChI is InChI=1S/C26H29N3O2S/c1-17-13-22(18(2)29(17)16-21-5-4-12-32-21)26(30)28-10-8-19(9-11-28)24-15-27-25-7-6-20(31-3)14-23(24)25/h4-7,12-15,19,27H,8-11,16H2,1-3H3. The number of amides is 1. The van der Waals surface area contributed by atoms with Crippen LogP contribution in [0.4, 0.5) is 0 Å². The molecule has 4 aromatic rings. The number of likely N-dealkylation sites (tertiary alicyclic amines) is 1. The fourth-order valence-electron chi connectivity index (χ4n) is 4.97. The molecular formula is C26H29N3O2S. The highest BCUT2D eigenvalue weighted by Gasteiger charge is 2.28. The number of ether oxygens (including phenoxy) is 1. The minimum atomic E-state index is 0.162. The topological polar surface area (TPSA) is 50.3 Å². The third-order valence-corrected chi connectivity index (χ3v) is 7.70. The number of nitrogens with zero attached hydrogens (tertiary/aromatic N) is 2. The van der Waals surface area contributed by atoms with Gasteiger partial charge in [-0.25, -0.2) is 0 Å². The second-order valence-electron chi connectivity index (χ2n) is 8.67. The van der Waals surface area contributed by atoms with Gasteiger partial charge in [0.1, 0.15) is 5.75 Å². The normalized spacial score (nSPS) is 14.9. The number of aromatic nitrogens is 2. The predicted octanol–water partition coefficient (Wildman–Crippen LogP) is 5.72. The van der Waals surface area contributed by atoms with E-state index in [9.17, 15) is 4.79 Å². The van der Waals surface area contributed by atoms with Crippen LogP contribution in [0, 0.1) is 13.8 Å². The second kappa shape index (κ2) is 8.51. The van der Waals surface area contributed by atoms with Crippen LogP contribution in [0.15, 0.2) is 48.0 Å². The number of fused-ring (bicyclic) bond motifs is 1. The molecule has 5 rings (SSSR count). The van der Waals surface area contributed by atoms with Crippen molar-refractivity contribution in [3.05, 3.63) is 75.4 Å². The van der Waals surface area contributed by atoms with Gasteiger partial charge in [-0.3, -0.25) is 4.79 Å². The van der Waals surface area contributed by atoms with Crippen LogP contribution in [0.25, 0.3) is 10.9 Å². The summed E-state index contributed by atoms with van der Waals surface area (Å²) < 4.78 is 7.67. The van der Waals surface area contributed by atoms with Gasteiger partial charge in [0, 0.05) is 46.5 Å². The highest BCUT2D eigenvalue weighted by Crippen LogP contribution is 2.35. The van der Waals surface area contributed by atoms with Gasteiger partial charge in [0.25, 0.3) is 5.91 Å². The molecule has 1 saturated heterocycles. The lowest BCUT2D eigenvalue weighted by Gasteiger charge is -2.32. The van der Waals surface area contributed by atoms with E-state index in [1.165, 1.54) is 15.8 Å². The molecule has 1 aliphatic rings. The van der Waals surface area contributed by atoms with Gasteiger partial charge in [0.15, 0.2) is 0 Å². The number of hydrogen-bond donors (Lipinski definition) is 1. The summed E-state index contributed by atoms with van der Waals surface area (Å²) in [5.41, 5.74) is 5.51. The number of aryl methyl sites for hydroxylation is 1. The molecule has 0 bridgehead atoms. The summed E-state index contributed by atoms with van der Waals surface area (Å²) >= 11 is 1.76. The maximum atomic E-state index is 13.4. The number of carbonyl (C=O) groups excluding carboxylic acids is 1. The fourth-order valence-corrected chi connectivity index (χ4v) is 5.66. The molecule has 32 heavy (non-hydrogen) atoms. The molecule has 0 atom stereocenters. The van der Waals surface area contributed by atoms with E-state index in [1.807, 2.05) is 11.0 Å². The van der Waals surface area contributed by atoms with Crippen LogP contribution in [-0.4, -0.2) is 40.6 Å². The number of aromatic amines is 1. The molecule has 0 aliphatic carbocycles. The Hall–Kier alpha value is -2.99. The van der Waals surface area contributed by atoms with Crippen LogP contribution >= 0.6 is 11.3 Å². The maximum Gasteiger partial charge on any atom is 0.255 e. The van der Waals surface area contributed by atoms with Gasteiger partial charge in [-0.05, 0) is 73.9 Å². The molecule has 1 N–H and O–H groups in total. The summed E-state index contributed by atoms with van der Waals surface area (Å²) in [6, 6.07) is 12.5. The van der Waals surface area contributed by atoms with E-state index in [0.29, 0.717) is 5.92 Å². The predicted molar refractivity (Wildman–Crippen MR) is 130 cm³/mol. The summed E-state index contributed by atoms with van der Waals surface area (Å²) in [6.45, 7) is 6.56. The van der Waals surface area contributed by atoms with Crippen molar-refractivity contribution in [3.63, 3.8) is 0 Å². The van der Waals surface area contributed by atoms with Crippen molar-refractivity contribution in [1.29, 1.82) is 0 Å². The SMILES string of the molecule is COc1ccc2[nH]cc(C3CCN(C(=O)c4cc(C)n(Cc5cccs5)c4C)CC3)c2c1. The number of rotatable bonds is 5. The van der Waals surface area contributed by atoms with Gasteiger partial charge in [-0.2, -0.15) is 0 Å². The Balaban J connectivity index is 1.30. The Kier molecular flexibility index (Phi) is 5.55. The van der Waals surface area contributed by atoms with Crippen LogP contribution in [-0.2, 0) is 6.54 Å². The Morgan fingerprint density at radius 3 is 2.72 bits per heavy atom. The lowest BCUT2D eigenvalue weighted by Crippen LogP contribution is -2.38. The summed E-state index contributed by atoms with van der Waals surface area (Å²) in [5, 5.41) is 3.33. The first-order chi connectivity index (χ1) is 15.5. The summed E-state index contributed by atoms with van der Waals surface area (Å²) in [5.74, 6) is 1.49. The quantitative estimate of drug-likeness (QED) is 0.425. The first kappa shape index (κ1) is 20.9. The zero-order valence-corrected chi connectivity index (χ0v) is 19.7. The average molecular weight is 448 g/mol. The zero-order chi connectivity index (χ0) is 22.2. The van der Waals surface area contributed by atoms with Crippen LogP contribution in [0.1, 0.15) is 50.9 Å². The number of H-pyrrole nitrogens is 1. The Morgan fingerprint density at radius 1 is 1.19 bits per heavy atom. The van der Waals surface area contributed by atoms with Gasteiger partial charge < -0.3 is 19.2 Å². The van der Waals surface area contributed by atoms with Crippen molar-refractivity contribution < 1.29 is 9.53 Å². The first-order valence-electron chi connectivity index (χ1n) is 11.2. The average Bonchev–Trinajstić information content (AvgIpc) is 3.54. The largest absolute Gasteiger partial charge is 0.497 e. The van der Waals surface area contributed by atoms with Gasteiger partial charge in [-0.1, -0.05) is 6.07 Å². The van der Waals surface area contributed by atoms with E-state index < -0.39 is 0 Å². The number of methoxy groups -OCH3 is 1. The maximum absolute atomic E-state index is 13.4. The van der Waals surface area contributed by atoms with E-state index in [-0.39, 0.29) is 5.91 Å². The molecule has 5 nitrogen and oxygen atoms in total. The van der Waals surface area contributed by atoms with Crippen LogP contribution in [0.5, 0.6) is 5.75 Å². The van der Waals surface area contributed by atoms with E-state index in [2.05, 4.69) is 65.3 Å². The molecule has 1 fully saturated rings. The van der Waals surface area contributed by atoms with E-state index >= 15 is 0 Å². The van der Waals surface area contributed by atoms with Crippen molar-refractivity contribution in [2.75, 3.05) is 20.2 Å². The van der Waals surface area contributed by atoms with Crippen LogP contribution < -0.4 is 4.74 Å². The number of nitrogens with one attached hydrogen (secondary N) is 1. The molecule has 0 radical (unpaired) electrons. The monoisotopic (exact) mass is 447 g/mol. The van der Waals surface area contributed by atoms with Crippen molar-refractivity contribution in [1.82, 2.24) is 14.5 Å². The second-order valence-corrected chi connectivity index (χ2v) is 9.70. The van der Waals surface area contributed by atoms with Gasteiger partial charge in [0.2, 0.25) is 0 Å². The molecular weight excluding hydrogens is 418 g/mol. The minimum Gasteiger partial charge on any atom is -0.497 e. The van der Waals surface area contributed by atoms with Crippen LogP contribution in [0.3, 0.4) is 0 Å². The smallest absolute Gasteiger partial charge is 0.255 e. The Bertz CT molecular complexity index is 1240. The lowest BCUT2D eigenvalue weighted by molar-refractivity contribution is 0.0712. The van der Waals surface area contributed by atoms with E-state index in [0.717, 1.165) is 60.7 Å². The molecule has 6 heteroatoms. The van der Waals surface area contributed by atoms with Gasteiger partial charge in [0.05, 0.1) is 19.2 Å². The number of thiophene rings is 1. The van der Waals surface area contributed by atoms with Gasteiger partial charge >= 0.3 is 0 Å². The van der Waals surface area contributed by atoms with Crippen molar-refractivity contribution >= 4 is 28.1 Å². The lowest BCUT2D eigenvalue weighted by atomic mass is 9.89. The van der Waals surface area contributed by atoms with Crippen molar-refractivity contribution in [3.8, 4) is 5.75 Å². The fraction of sp³-hybridized carbons (Fsp3) is 0.346. The van der Waals surface area contributed by atoms with Crippen LogP contribution in [0.2, 0.25) is 0 Å². The molecule has 0 unspecified atom stereocenters. The highest BCUT2D eigenvalue weighted by molar-refractivity contribution is 7.09. The zero-order valence-electron chi connectivity index (χ0n) is 18.9.